The largest absolute Gasteiger partial charge is 0.493 e. The number of hydrazine groups is 1. The lowest BCUT2D eigenvalue weighted by molar-refractivity contribution is -0.525. The van der Waals surface area contributed by atoms with Gasteiger partial charge in [-0.15, -0.1) is 0 Å². The average Bonchev–Trinajstić information content (AvgIpc) is 2.96. The van der Waals surface area contributed by atoms with Crippen LogP contribution in [0, 0.1) is 10.1 Å². The molecule has 0 fully saturated rings. The lowest BCUT2D eigenvalue weighted by Crippen LogP contribution is -2.43. The van der Waals surface area contributed by atoms with Gasteiger partial charge in [0, 0.05) is 6.54 Å². The first-order chi connectivity index (χ1) is 19.6. The van der Waals surface area contributed by atoms with Gasteiger partial charge in [0.25, 0.3) is 5.96 Å². The van der Waals surface area contributed by atoms with Gasteiger partial charge in [0.2, 0.25) is 5.75 Å². The molecule has 4 N–H and O–H groups in total. The van der Waals surface area contributed by atoms with E-state index in [1.807, 2.05) is 0 Å². The van der Waals surface area contributed by atoms with Gasteiger partial charge in [-0.25, -0.2) is 24.7 Å². The average molecular weight is 576 g/mol. The molecular weight excluding hydrogens is 542 g/mol. The van der Waals surface area contributed by atoms with Crippen molar-refractivity contribution in [1.29, 1.82) is 0 Å². The second kappa shape index (κ2) is 16.0. The SMILES string of the molecule is COC(=O)C(CCCN=C(N)N[N+](=O)[O-])NC(=O)Oc1cc(/C=C\c2cc(OC)c(OC)c(OC)c2)ccc1OC. The van der Waals surface area contributed by atoms with E-state index >= 15 is 0 Å². The Morgan fingerprint density at radius 3 is 2.12 bits per heavy atom. The maximum atomic E-state index is 12.7. The van der Waals surface area contributed by atoms with Crippen molar-refractivity contribution in [3.63, 3.8) is 0 Å². The minimum atomic E-state index is -1.07. The first-order valence-electron chi connectivity index (χ1n) is 12.1. The van der Waals surface area contributed by atoms with Crippen LogP contribution in [0.2, 0.25) is 0 Å². The van der Waals surface area contributed by atoms with Crippen molar-refractivity contribution in [2.45, 2.75) is 18.9 Å². The van der Waals surface area contributed by atoms with Gasteiger partial charge in [0.05, 0.1) is 35.5 Å². The first-order valence-corrected chi connectivity index (χ1v) is 12.1. The molecule has 1 atom stereocenters. The summed E-state index contributed by atoms with van der Waals surface area (Å²) in [5.41, 5.74) is 8.50. The summed E-state index contributed by atoms with van der Waals surface area (Å²) >= 11 is 0. The molecule has 0 heterocycles. The first kappa shape index (κ1) is 32.0. The van der Waals surface area contributed by atoms with Gasteiger partial charge in [-0.2, -0.15) is 0 Å². The number of carbonyl (C=O) groups excluding carboxylic acids is 2. The van der Waals surface area contributed by atoms with Crippen molar-refractivity contribution in [1.82, 2.24) is 10.7 Å². The van der Waals surface area contributed by atoms with Crippen molar-refractivity contribution in [3.8, 4) is 28.7 Å². The van der Waals surface area contributed by atoms with Gasteiger partial charge in [0.1, 0.15) is 6.04 Å². The zero-order chi connectivity index (χ0) is 30.4. The Kier molecular flexibility index (Phi) is 12.5. The van der Waals surface area contributed by atoms with Crippen LogP contribution in [0.5, 0.6) is 28.7 Å². The number of guanidine groups is 1. The molecule has 0 saturated heterocycles. The van der Waals surface area contributed by atoms with Crippen LogP contribution in [-0.4, -0.2) is 71.2 Å². The van der Waals surface area contributed by atoms with E-state index in [-0.39, 0.29) is 36.8 Å². The van der Waals surface area contributed by atoms with Crippen molar-refractivity contribution < 1.29 is 43.0 Å². The molecule has 2 aromatic rings. The monoisotopic (exact) mass is 575 g/mol. The summed E-state index contributed by atoms with van der Waals surface area (Å²) in [6.07, 6.45) is 3.01. The molecule has 0 bridgehead atoms. The molecule has 15 heteroatoms. The Labute approximate surface area is 236 Å². The van der Waals surface area contributed by atoms with E-state index in [9.17, 15) is 19.7 Å². The number of rotatable bonds is 14. The molecule has 2 aromatic carbocycles. The zero-order valence-corrected chi connectivity index (χ0v) is 23.3. The molecule has 1 amide bonds. The summed E-state index contributed by atoms with van der Waals surface area (Å²) in [7, 11) is 7.15. The summed E-state index contributed by atoms with van der Waals surface area (Å²) in [5.74, 6) is 0.731. The van der Waals surface area contributed by atoms with E-state index in [2.05, 4.69) is 10.3 Å². The normalized spacial score (nSPS) is 11.8. The van der Waals surface area contributed by atoms with Crippen LogP contribution in [0.25, 0.3) is 12.2 Å². The number of hydrogen-bond acceptors (Lipinski definition) is 11. The van der Waals surface area contributed by atoms with Crippen molar-refractivity contribution in [3.05, 3.63) is 51.6 Å². The molecule has 0 aliphatic heterocycles. The highest BCUT2D eigenvalue weighted by molar-refractivity contribution is 5.82. The standard InChI is InChI=1S/C26H33N5O10/c1-36-19-11-10-16(8-9-17-14-21(37-2)23(39-4)22(15-17)38-3)13-20(19)41-26(33)29-18(24(32)40-5)7-6-12-28-25(27)30-31(34)35/h8-11,13-15,18H,6-7,12H2,1-5H3,(H,29,33)(H3,27,28,30)/b9-8-. The number of benzene rings is 2. The molecule has 15 nitrogen and oxygen atoms in total. The highest BCUT2D eigenvalue weighted by atomic mass is 16.7. The highest BCUT2D eigenvalue weighted by Crippen LogP contribution is 2.38. The lowest BCUT2D eigenvalue weighted by Gasteiger charge is -2.17. The fourth-order valence-corrected chi connectivity index (χ4v) is 3.55. The topological polar surface area (TPSA) is 195 Å². The number of nitro groups is 1. The maximum absolute atomic E-state index is 12.7. The molecule has 0 saturated carbocycles. The number of ether oxygens (including phenoxy) is 6. The molecule has 0 radical (unpaired) electrons. The molecule has 1 unspecified atom stereocenters. The summed E-state index contributed by atoms with van der Waals surface area (Å²) in [4.78, 5) is 39.0. The third kappa shape index (κ3) is 9.80. The Balaban J connectivity index is 2.15. The van der Waals surface area contributed by atoms with Crippen LogP contribution in [-0.2, 0) is 9.53 Å². The van der Waals surface area contributed by atoms with Gasteiger partial charge in [-0.05, 0) is 48.2 Å². The number of aliphatic imine (C=N–C) groups is 1. The third-order valence-electron chi connectivity index (χ3n) is 5.46. The van der Waals surface area contributed by atoms with Gasteiger partial charge < -0.3 is 39.5 Å². The smallest absolute Gasteiger partial charge is 0.413 e. The molecular formula is C26H33N5O10. The number of esters is 1. The van der Waals surface area contributed by atoms with Crippen molar-refractivity contribution >= 4 is 30.2 Å². The summed E-state index contributed by atoms with van der Waals surface area (Å²) < 4.78 is 31.6. The van der Waals surface area contributed by atoms with Crippen LogP contribution < -0.4 is 40.2 Å². The predicted octanol–water partition coefficient (Wildman–Crippen LogP) is 2.40. The van der Waals surface area contributed by atoms with E-state index in [1.54, 1.807) is 47.9 Å². The molecule has 0 aliphatic rings. The van der Waals surface area contributed by atoms with E-state index in [1.165, 1.54) is 35.5 Å². The van der Waals surface area contributed by atoms with Crippen LogP contribution in [0.1, 0.15) is 24.0 Å². The number of nitrogens with zero attached hydrogens (tertiary/aromatic N) is 2. The van der Waals surface area contributed by atoms with Gasteiger partial charge in [-0.1, -0.05) is 23.6 Å². The van der Waals surface area contributed by atoms with Crippen LogP contribution in [0.3, 0.4) is 0 Å². The number of hydrogen-bond donors (Lipinski definition) is 3. The van der Waals surface area contributed by atoms with Gasteiger partial charge in [0.15, 0.2) is 28.0 Å². The summed E-state index contributed by atoms with van der Waals surface area (Å²) in [5, 5.41) is 12.0. The van der Waals surface area contributed by atoms with E-state index < -0.39 is 23.1 Å². The number of carbonyl (C=O) groups is 2. The Morgan fingerprint density at radius 1 is 0.951 bits per heavy atom. The third-order valence-corrected chi connectivity index (χ3v) is 5.46. The molecule has 2 rings (SSSR count). The predicted molar refractivity (Wildman–Crippen MR) is 149 cm³/mol. The van der Waals surface area contributed by atoms with E-state index in [0.29, 0.717) is 22.8 Å². The second-order valence-corrected chi connectivity index (χ2v) is 8.09. The van der Waals surface area contributed by atoms with Crippen molar-refractivity contribution in [2.24, 2.45) is 10.7 Å². The molecule has 41 heavy (non-hydrogen) atoms. The van der Waals surface area contributed by atoms with E-state index in [0.717, 1.165) is 5.56 Å². The van der Waals surface area contributed by atoms with Crippen LogP contribution in [0.15, 0.2) is 35.3 Å². The summed E-state index contributed by atoms with van der Waals surface area (Å²) in [6, 6.07) is 7.45. The Morgan fingerprint density at radius 2 is 1.56 bits per heavy atom. The summed E-state index contributed by atoms with van der Waals surface area (Å²) in [6.45, 7) is 0.0606. The Bertz CT molecular complexity index is 1260. The van der Waals surface area contributed by atoms with Gasteiger partial charge in [-0.3, -0.25) is 0 Å². The molecule has 0 spiro atoms. The molecule has 0 aliphatic carbocycles. The fourth-order valence-electron chi connectivity index (χ4n) is 3.55. The van der Waals surface area contributed by atoms with Crippen molar-refractivity contribution in [2.75, 3.05) is 42.1 Å². The van der Waals surface area contributed by atoms with E-state index in [4.69, 9.17) is 34.2 Å². The number of methoxy groups -OCH3 is 5. The van der Waals surface area contributed by atoms with Crippen LogP contribution >= 0.6 is 0 Å². The second-order valence-electron chi connectivity index (χ2n) is 8.09. The minimum absolute atomic E-state index is 0.0606. The maximum Gasteiger partial charge on any atom is 0.413 e. The number of nitrogens with two attached hydrogens (primary N) is 1. The fraction of sp³-hybridized carbons (Fsp3) is 0.346. The molecule has 222 valence electrons. The highest BCUT2D eigenvalue weighted by Gasteiger charge is 2.23. The molecule has 0 aromatic heterocycles. The Hall–Kier alpha value is -5.21. The zero-order valence-electron chi connectivity index (χ0n) is 23.3. The quantitative estimate of drug-likeness (QED) is 0.0567. The lowest BCUT2D eigenvalue weighted by atomic mass is 10.1. The van der Waals surface area contributed by atoms with Crippen LogP contribution in [0.4, 0.5) is 4.79 Å². The van der Waals surface area contributed by atoms with Gasteiger partial charge >= 0.3 is 12.1 Å². The number of amides is 1. The minimum Gasteiger partial charge on any atom is -0.493 e. The number of nitrogens with one attached hydrogen (secondary N) is 2.